The van der Waals surface area contributed by atoms with Crippen LogP contribution in [0.15, 0.2) is 18.2 Å². The van der Waals surface area contributed by atoms with Crippen LogP contribution in [0.25, 0.3) is 0 Å². The van der Waals surface area contributed by atoms with Crippen LogP contribution in [-0.4, -0.2) is 44.2 Å². The van der Waals surface area contributed by atoms with Gasteiger partial charge in [0.2, 0.25) is 0 Å². The third-order valence-corrected chi connectivity index (χ3v) is 3.27. The molecule has 0 saturated heterocycles. The zero-order valence-corrected chi connectivity index (χ0v) is 12.4. The molecule has 0 fully saturated rings. The monoisotopic (exact) mass is 270 g/mol. The van der Waals surface area contributed by atoms with Gasteiger partial charge in [0.15, 0.2) is 0 Å². The van der Waals surface area contributed by atoms with Gasteiger partial charge in [-0.05, 0) is 51.7 Å². The molecule has 0 aromatic heterocycles. The fourth-order valence-electron chi connectivity index (χ4n) is 1.84. The average Bonchev–Trinajstić information content (AvgIpc) is 2.27. The lowest BCUT2D eigenvalue weighted by Gasteiger charge is -2.22. The Balaban J connectivity index is 2.65. The predicted molar refractivity (Wildman–Crippen MR) is 78.5 cm³/mol. The summed E-state index contributed by atoms with van der Waals surface area (Å²) in [6, 6.07) is 5.73. The molecule has 1 rings (SSSR count). The van der Waals surface area contributed by atoms with Gasteiger partial charge in [0, 0.05) is 13.6 Å². The number of aliphatic hydroxyl groups is 1. The molecule has 0 aliphatic carbocycles. The van der Waals surface area contributed by atoms with E-state index in [1.165, 1.54) is 0 Å². The Hall–Kier alpha value is -0.770. The van der Waals surface area contributed by atoms with E-state index < -0.39 is 6.10 Å². The maximum Gasteiger partial charge on any atom is 0.0762 e. The van der Waals surface area contributed by atoms with E-state index in [4.69, 9.17) is 11.6 Å². The Morgan fingerprint density at radius 1 is 1.22 bits per heavy atom. The topological polar surface area (TPSA) is 26.7 Å². The predicted octanol–water partition coefficient (Wildman–Crippen LogP) is 2.78. The molecule has 18 heavy (non-hydrogen) atoms. The fraction of sp³-hybridized carbons (Fsp3) is 0.571. The molecule has 1 atom stereocenters. The maximum absolute atomic E-state index is 9.50. The molecule has 0 heterocycles. The summed E-state index contributed by atoms with van der Waals surface area (Å²) in [6.45, 7) is 3.77. The highest BCUT2D eigenvalue weighted by Gasteiger charge is 2.09. The minimum absolute atomic E-state index is 0.476. The standard InChI is InChI=1S/C14H23ClN2O/c1-11(18)12-6-7-14(13(15)10-12)17(4)9-5-8-16(2)3/h6-7,10-11,18H,5,8-9H2,1-4H3/t11-/m1/s1. The summed E-state index contributed by atoms with van der Waals surface area (Å²) in [7, 11) is 6.19. The quantitative estimate of drug-likeness (QED) is 0.861. The van der Waals surface area contributed by atoms with E-state index in [0.29, 0.717) is 5.02 Å². The molecule has 0 saturated carbocycles. The summed E-state index contributed by atoms with van der Waals surface area (Å²) in [5.74, 6) is 0. The fourth-order valence-corrected chi connectivity index (χ4v) is 2.17. The molecule has 4 heteroatoms. The van der Waals surface area contributed by atoms with Crippen LogP contribution in [0, 0.1) is 0 Å². The Morgan fingerprint density at radius 2 is 1.89 bits per heavy atom. The zero-order valence-electron chi connectivity index (χ0n) is 11.7. The van der Waals surface area contributed by atoms with Crippen molar-refractivity contribution in [2.24, 2.45) is 0 Å². The van der Waals surface area contributed by atoms with Crippen molar-refractivity contribution in [1.82, 2.24) is 4.90 Å². The Morgan fingerprint density at radius 3 is 2.39 bits per heavy atom. The first-order valence-corrected chi connectivity index (χ1v) is 6.63. The number of halogens is 1. The normalized spacial score (nSPS) is 12.8. The molecule has 1 N–H and O–H groups in total. The summed E-state index contributed by atoms with van der Waals surface area (Å²) in [4.78, 5) is 4.32. The molecule has 0 bridgehead atoms. The Kier molecular flexibility index (Phi) is 5.93. The number of hydrogen-bond donors (Lipinski definition) is 1. The Bertz CT molecular complexity index is 380. The summed E-state index contributed by atoms with van der Waals surface area (Å²) in [5, 5.41) is 10.2. The van der Waals surface area contributed by atoms with Crippen molar-refractivity contribution in [2.75, 3.05) is 39.1 Å². The van der Waals surface area contributed by atoms with E-state index in [2.05, 4.69) is 23.9 Å². The van der Waals surface area contributed by atoms with Crippen LogP contribution in [0.1, 0.15) is 25.0 Å². The number of anilines is 1. The largest absolute Gasteiger partial charge is 0.389 e. The van der Waals surface area contributed by atoms with E-state index in [9.17, 15) is 5.11 Å². The van der Waals surface area contributed by atoms with Gasteiger partial charge >= 0.3 is 0 Å². The lowest BCUT2D eigenvalue weighted by Crippen LogP contribution is -2.23. The molecule has 0 spiro atoms. The van der Waals surface area contributed by atoms with Crippen molar-refractivity contribution >= 4 is 17.3 Å². The van der Waals surface area contributed by atoms with Crippen molar-refractivity contribution < 1.29 is 5.11 Å². The minimum atomic E-state index is -0.476. The van der Waals surface area contributed by atoms with Crippen molar-refractivity contribution in [3.63, 3.8) is 0 Å². The number of benzene rings is 1. The van der Waals surface area contributed by atoms with Gasteiger partial charge in [0.1, 0.15) is 0 Å². The van der Waals surface area contributed by atoms with Gasteiger partial charge in [0.25, 0.3) is 0 Å². The number of aliphatic hydroxyl groups excluding tert-OH is 1. The molecule has 0 aliphatic rings. The summed E-state index contributed by atoms with van der Waals surface area (Å²) in [6.07, 6.45) is 0.619. The SMILES string of the molecule is C[C@@H](O)c1ccc(N(C)CCCN(C)C)c(Cl)c1. The smallest absolute Gasteiger partial charge is 0.0762 e. The van der Waals surface area contributed by atoms with Gasteiger partial charge in [-0.2, -0.15) is 0 Å². The summed E-state index contributed by atoms with van der Waals surface area (Å²) >= 11 is 6.25. The van der Waals surface area contributed by atoms with Gasteiger partial charge in [0.05, 0.1) is 16.8 Å². The van der Waals surface area contributed by atoms with Crippen molar-refractivity contribution in [2.45, 2.75) is 19.4 Å². The van der Waals surface area contributed by atoms with E-state index in [1.807, 2.05) is 25.2 Å². The molecule has 0 radical (unpaired) electrons. The average molecular weight is 271 g/mol. The van der Waals surface area contributed by atoms with Crippen LogP contribution in [-0.2, 0) is 0 Å². The Labute approximate surface area is 115 Å². The molecule has 102 valence electrons. The molecule has 0 unspecified atom stereocenters. The molecule has 1 aromatic carbocycles. The van der Waals surface area contributed by atoms with Crippen LogP contribution < -0.4 is 4.90 Å². The number of hydrogen-bond acceptors (Lipinski definition) is 3. The second kappa shape index (κ2) is 6.98. The first kappa shape index (κ1) is 15.3. The van der Waals surface area contributed by atoms with Gasteiger partial charge in [-0.25, -0.2) is 0 Å². The minimum Gasteiger partial charge on any atom is -0.389 e. The van der Waals surface area contributed by atoms with Gasteiger partial charge < -0.3 is 14.9 Å². The van der Waals surface area contributed by atoms with Crippen molar-refractivity contribution in [3.8, 4) is 0 Å². The van der Waals surface area contributed by atoms with E-state index in [1.54, 1.807) is 6.92 Å². The third-order valence-electron chi connectivity index (χ3n) is 2.96. The van der Waals surface area contributed by atoms with Crippen LogP contribution in [0.3, 0.4) is 0 Å². The molecule has 0 amide bonds. The molecular weight excluding hydrogens is 248 g/mol. The van der Waals surface area contributed by atoms with Crippen LogP contribution in [0.4, 0.5) is 5.69 Å². The highest BCUT2D eigenvalue weighted by molar-refractivity contribution is 6.33. The second-order valence-corrected chi connectivity index (χ2v) is 5.37. The van der Waals surface area contributed by atoms with Gasteiger partial charge in [-0.3, -0.25) is 0 Å². The van der Waals surface area contributed by atoms with Crippen LogP contribution in [0.5, 0.6) is 0 Å². The van der Waals surface area contributed by atoms with Gasteiger partial charge in [-0.15, -0.1) is 0 Å². The third kappa shape index (κ3) is 4.48. The highest BCUT2D eigenvalue weighted by atomic mass is 35.5. The van der Waals surface area contributed by atoms with Crippen LogP contribution in [0.2, 0.25) is 5.02 Å². The van der Waals surface area contributed by atoms with Gasteiger partial charge in [-0.1, -0.05) is 17.7 Å². The summed E-state index contributed by atoms with van der Waals surface area (Å²) < 4.78 is 0. The second-order valence-electron chi connectivity index (χ2n) is 4.97. The molecule has 1 aromatic rings. The molecular formula is C14H23ClN2O. The number of nitrogens with zero attached hydrogens (tertiary/aromatic N) is 2. The van der Waals surface area contributed by atoms with Crippen molar-refractivity contribution in [3.05, 3.63) is 28.8 Å². The summed E-state index contributed by atoms with van der Waals surface area (Å²) in [5.41, 5.74) is 1.87. The lowest BCUT2D eigenvalue weighted by molar-refractivity contribution is 0.199. The molecule has 0 aliphatic heterocycles. The van der Waals surface area contributed by atoms with E-state index in [-0.39, 0.29) is 0 Å². The van der Waals surface area contributed by atoms with E-state index in [0.717, 1.165) is 30.8 Å². The van der Waals surface area contributed by atoms with Crippen molar-refractivity contribution in [1.29, 1.82) is 0 Å². The van der Waals surface area contributed by atoms with E-state index >= 15 is 0 Å². The first-order chi connectivity index (χ1) is 8.41. The lowest BCUT2D eigenvalue weighted by atomic mass is 10.1. The number of rotatable bonds is 6. The first-order valence-electron chi connectivity index (χ1n) is 6.25. The zero-order chi connectivity index (χ0) is 13.7. The highest BCUT2D eigenvalue weighted by Crippen LogP contribution is 2.28. The van der Waals surface area contributed by atoms with Crippen LogP contribution >= 0.6 is 11.6 Å². The molecule has 3 nitrogen and oxygen atoms in total. The maximum atomic E-state index is 9.50.